The molecule has 1 fully saturated rings. The molecule has 4 heteroatoms. The Hall–Kier alpha value is -1.03. The molecule has 0 bridgehead atoms. The van der Waals surface area contributed by atoms with E-state index in [0.29, 0.717) is 13.1 Å². The minimum Gasteiger partial charge on any atom is -0.443 e. The van der Waals surface area contributed by atoms with Crippen LogP contribution in [0, 0.1) is 0 Å². The van der Waals surface area contributed by atoms with Gasteiger partial charge >= 0.3 is 6.09 Å². The van der Waals surface area contributed by atoms with Gasteiger partial charge in [0.2, 0.25) is 0 Å². The largest absolute Gasteiger partial charge is 0.443 e. The topological polar surface area (TPSA) is 49.8 Å². The van der Waals surface area contributed by atoms with Gasteiger partial charge in [-0.15, -0.1) is 0 Å². The molecule has 2 aliphatic rings. The number of ether oxygens (including phenoxy) is 1. The monoisotopic (exact) mass is 211 g/mol. The summed E-state index contributed by atoms with van der Waals surface area (Å²) in [6.45, 7) is 1.25. The lowest BCUT2D eigenvalue weighted by molar-refractivity contribution is -0.0306. The van der Waals surface area contributed by atoms with Crippen LogP contribution in [0.15, 0.2) is 12.2 Å². The standard InChI is InChI=1S/C11H17NO3/c13-9-5-1-2-6-10(9)15-11(14)12-7-3-4-8-12/h3-4,9-10,13H,1-2,5-8H2/t9-,10+/m1/s1. The zero-order valence-corrected chi connectivity index (χ0v) is 8.76. The van der Waals surface area contributed by atoms with E-state index in [-0.39, 0.29) is 12.2 Å². The number of hydrogen-bond acceptors (Lipinski definition) is 3. The van der Waals surface area contributed by atoms with Gasteiger partial charge in [0.25, 0.3) is 0 Å². The Morgan fingerprint density at radius 2 is 1.93 bits per heavy atom. The first-order valence-electron chi connectivity index (χ1n) is 5.56. The van der Waals surface area contributed by atoms with E-state index in [1.165, 1.54) is 0 Å². The molecule has 1 amide bonds. The first-order chi connectivity index (χ1) is 7.27. The van der Waals surface area contributed by atoms with Crippen molar-refractivity contribution in [2.24, 2.45) is 0 Å². The van der Waals surface area contributed by atoms with E-state index in [1.807, 2.05) is 12.2 Å². The fraction of sp³-hybridized carbons (Fsp3) is 0.727. The predicted molar refractivity (Wildman–Crippen MR) is 55.5 cm³/mol. The van der Waals surface area contributed by atoms with Gasteiger partial charge in [-0.25, -0.2) is 4.79 Å². The average molecular weight is 211 g/mol. The fourth-order valence-electron chi connectivity index (χ4n) is 2.05. The van der Waals surface area contributed by atoms with Gasteiger partial charge in [0, 0.05) is 13.1 Å². The number of hydrogen-bond donors (Lipinski definition) is 1. The van der Waals surface area contributed by atoms with Crippen molar-refractivity contribution in [3.8, 4) is 0 Å². The maximum absolute atomic E-state index is 11.6. The summed E-state index contributed by atoms with van der Waals surface area (Å²) >= 11 is 0. The first-order valence-corrected chi connectivity index (χ1v) is 5.56. The summed E-state index contributed by atoms with van der Waals surface area (Å²) in [5.74, 6) is 0. The molecule has 0 radical (unpaired) electrons. The van der Waals surface area contributed by atoms with Crippen LogP contribution in [0.1, 0.15) is 25.7 Å². The molecule has 0 spiro atoms. The van der Waals surface area contributed by atoms with Gasteiger partial charge in [-0.05, 0) is 19.3 Å². The molecule has 0 aromatic carbocycles. The SMILES string of the molecule is O=C(O[C@H]1CCCC[C@H]1O)N1CC=CC1. The van der Waals surface area contributed by atoms with Crippen molar-refractivity contribution in [3.63, 3.8) is 0 Å². The third-order valence-electron chi connectivity index (χ3n) is 3.00. The van der Waals surface area contributed by atoms with Crippen LogP contribution in [0.25, 0.3) is 0 Å². The second-order valence-corrected chi connectivity index (χ2v) is 4.15. The van der Waals surface area contributed by atoms with E-state index in [2.05, 4.69) is 0 Å². The summed E-state index contributed by atoms with van der Waals surface area (Å²) in [6, 6.07) is 0. The number of carbonyl (C=O) groups is 1. The Balaban J connectivity index is 1.82. The smallest absolute Gasteiger partial charge is 0.410 e. The van der Waals surface area contributed by atoms with E-state index >= 15 is 0 Å². The molecule has 1 heterocycles. The van der Waals surface area contributed by atoms with Gasteiger partial charge in [-0.2, -0.15) is 0 Å². The Labute approximate surface area is 89.5 Å². The summed E-state index contributed by atoms with van der Waals surface area (Å²) in [4.78, 5) is 13.2. The molecule has 1 N–H and O–H groups in total. The van der Waals surface area contributed by atoms with E-state index in [9.17, 15) is 9.90 Å². The van der Waals surface area contributed by atoms with Crippen LogP contribution in [-0.4, -0.2) is 41.4 Å². The number of rotatable bonds is 1. The highest BCUT2D eigenvalue weighted by Crippen LogP contribution is 2.22. The molecule has 0 aromatic heterocycles. The highest BCUT2D eigenvalue weighted by molar-refractivity contribution is 5.68. The highest BCUT2D eigenvalue weighted by Gasteiger charge is 2.28. The molecule has 0 saturated heterocycles. The molecular formula is C11H17NO3. The zero-order valence-electron chi connectivity index (χ0n) is 8.76. The lowest BCUT2D eigenvalue weighted by Crippen LogP contribution is -2.39. The Morgan fingerprint density at radius 1 is 1.27 bits per heavy atom. The normalized spacial score (nSPS) is 30.6. The van der Waals surface area contributed by atoms with Crippen LogP contribution in [0.4, 0.5) is 4.79 Å². The maximum atomic E-state index is 11.6. The molecule has 84 valence electrons. The van der Waals surface area contributed by atoms with Gasteiger partial charge < -0.3 is 14.7 Å². The number of aliphatic hydroxyl groups excluding tert-OH is 1. The second-order valence-electron chi connectivity index (χ2n) is 4.15. The zero-order chi connectivity index (χ0) is 10.7. The van der Waals surface area contributed by atoms with Crippen molar-refractivity contribution < 1.29 is 14.6 Å². The van der Waals surface area contributed by atoms with Crippen molar-refractivity contribution in [1.29, 1.82) is 0 Å². The molecule has 4 nitrogen and oxygen atoms in total. The molecule has 2 rings (SSSR count). The van der Waals surface area contributed by atoms with Crippen molar-refractivity contribution >= 4 is 6.09 Å². The van der Waals surface area contributed by atoms with Crippen molar-refractivity contribution in [3.05, 3.63) is 12.2 Å². The van der Waals surface area contributed by atoms with Gasteiger partial charge in [-0.1, -0.05) is 18.6 Å². The van der Waals surface area contributed by atoms with Crippen molar-refractivity contribution in [2.75, 3.05) is 13.1 Å². The van der Waals surface area contributed by atoms with E-state index < -0.39 is 6.10 Å². The Kier molecular flexibility index (Phi) is 3.26. The van der Waals surface area contributed by atoms with Crippen molar-refractivity contribution in [1.82, 2.24) is 4.90 Å². The average Bonchev–Trinajstić information content (AvgIpc) is 2.74. The molecule has 1 aliphatic heterocycles. The first kappa shape index (κ1) is 10.5. The summed E-state index contributed by atoms with van der Waals surface area (Å²) in [6.07, 6.45) is 6.41. The van der Waals surface area contributed by atoms with Gasteiger partial charge in [0.05, 0.1) is 6.10 Å². The van der Waals surface area contributed by atoms with Gasteiger partial charge in [-0.3, -0.25) is 0 Å². The number of nitrogens with zero attached hydrogens (tertiary/aromatic N) is 1. The van der Waals surface area contributed by atoms with Crippen LogP contribution < -0.4 is 0 Å². The molecular weight excluding hydrogens is 194 g/mol. The number of amides is 1. The maximum Gasteiger partial charge on any atom is 0.410 e. The fourth-order valence-corrected chi connectivity index (χ4v) is 2.05. The molecule has 1 saturated carbocycles. The molecule has 2 atom stereocenters. The molecule has 1 aliphatic carbocycles. The van der Waals surface area contributed by atoms with Crippen molar-refractivity contribution in [2.45, 2.75) is 37.9 Å². The second kappa shape index (κ2) is 4.66. The van der Waals surface area contributed by atoms with Gasteiger partial charge in [0.1, 0.15) is 6.10 Å². The van der Waals surface area contributed by atoms with Crippen LogP contribution in [0.5, 0.6) is 0 Å². The summed E-state index contributed by atoms with van der Waals surface area (Å²) < 4.78 is 5.28. The van der Waals surface area contributed by atoms with Crippen LogP contribution in [0.3, 0.4) is 0 Å². The lowest BCUT2D eigenvalue weighted by Gasteiger charge is -2.28. The third kappa shape index (κ3) is 2.50. The van der Waals surface area contributed by atoms with E-state index in [1.54, 1.807) is 4.90 Å². The van der Waals surface area contributed by atoms with E-state index in [0.717, 1.165) is 25.7 Å². The molecule has 0 aromatic rings. The quantitative estimate of drug-likeness (QED) is 0.665. The molecule has 0 unspecified atom stereocenters. The van der Waals surface area contributed by atoms with Crippen LogP contribution in [0.2, 0.25) is 0 Å². The van der Waals surface area contributed by atoms with Gasteiger partial charge in [0.15, 0.2) is 0 Å². The van der Waals surface area contributed by atoms with Crippen LogP contribution in [-0.2, 0) is 4.74 Å². The third-order valence-corrected chi connectivity index (χ3v) is 3.00. The summed E-state index contributed by atoms with van der Waals surface area (Å²) in [5.41, 5.74) is 0. The lowest BCUT2D eigenvalue weighted by atomic mass is 9.95. The minimum absolute atomic E-state index is 0.299. The highest BCUT2D eigenvalue weighted by atomic mass is 16.6. The molecule has 15 heavy (non-hydrogen) atoms. The van der Waals surface area contributed by atoms with E-state index in [4.69, 9.17) is 4.74 Å². The number of carbonyl (C=O) groups excluding carboxylic acids is 1. The summed E-state index contributed by atoms with van der Waals surface area (Å²) in [5, 5.41) is 9.65. The number of aliphatic hydroxyl groups is 1. The minimum atomic E-state index is -0.474. The summed E-state index contributed by atoms with van der Waals surface area (Å²) in [7, 11) is 0. The Morgan fingerprint density at radius 3 is 2.60 bits per heavy atom. The van der Waals surface area contributed by atoms with Crippen LogP contribution >= 0.6 is 0 Å². The Bertz CT molecular complexity index is 257. The predicted octanol–water partition coefficient (Wildman–Crippen LogP) is 1.30.